The topological polar surface area (TPSA) is 44.7 Å². The van der Waals surface area contributed by atoms with Crippen LogP contribution in [0.25, 0.3) is 0 Å². The van der Waals surface area contributed by atoms with Gasteiger partial charge in [-0.15, -0.1) is 0 Å². The van der Waals surface area contributed by atoms with E-state index in [1.165, 1.54) is 5.56 Å². The molecule has 2 rings (SSSR count). The highest BCUT2D eigenvalue weighted by atomic mass is 32.2. The monoisotopic (exact) mass is 329 g/mol. The third kappa shape index (κ3) is 5.87. The molecule has 4 nitrogen and oxygen atoms in total. The molecule has 1 unspecified atom stereocenters. The fraction of sp³-hybridized carbons (Fsp3) is 0.278. The van der Waals surface area contributed by atoms with Crippen LogP contribution in [0.4, 0.5) is 0 Å². The molecule has 0 fully saturated rings. The molecule has 0 bridgehead atoms. The largest absolute Gasteiger partial charge is 0.355 e. The predicted molar refractivity (Wildman–Crippen MR) is 97.0 cm³/mol. The summed E-state index contributed by atoms with van der Waals surface area (Å²) in [4.78, 5) is 7.40. The van der Waals surface area contributed by atoms with Crippen LogP contribution in [0.3, 0.4) is 0 Å². The van der Waals surface area contributed by atoms with Crippen LogP contribution in [0.2, 0.25) is 0 Å². The fourth-order valence-corrected chi connectivity index (χ4v) is 3.03. The Bertz CT molecular complexity index is 642. The number of nitrogens with zero attached hydrogens (tertiary/aromatic N) is 2. The number of hydrogen-bond acceptors (Lipinski definition) is 2. The number of guanidine groups is 1. The van der Waals surface area contributed by atoms with Gasteiger partial charge in [-0.3, -0.25) is 4.21 Å². The summed E-state index contributed by atoms with van der Waals surface area (Å²) in [6.07, 6.45) is 0. The van der Waals surface area contributed by atoms with Crippen molar-refractivity contribution in [2.45, 2.75) is 11.4 Å². The van der Waals surface area contributed by atoms with Crippen molar-refractivity contribution in [1.29, 1.82) is 0 Å². The van der Waals surface area contributed by atoms with Crippen molar-refractivity contribution in [3.05, 3.63) is 66.2 Å². The van der Waals surface area contributed by atoms with Gasteiger partial charge in [-0.25, -0.2) is 4.99 Å². The minimum atomic E-state index is -0.989. The normalized spacial score (nSPS) is 12.7. The van der Waals surface area contributed by atoms with E-state index in [1.807, 2.05) is 67.5 Å². The van der Waals surface area contributed by atoms with Crippen LogP contribution in [0.1, 0.15) is 5.56 Å². The van der Waals surface area contributed by atoms with Gasteiger partial charge in [-0.2, -0.15) is 0 Å². The van der Waals surface area contributed by atoms with Crippen LogP contribution in [0, 0.1) is 0 Å². The average Bonchev–Trinajstić information content (AvgIpc) is 2.59. The summed E-state index contributed by atoms with van der Waals surface area (Å²) in [5, 5.41) is 3.27. The highest BCUT2D eigenvalue weighted by molar-refractivity contribution is 7.85. The van der Waals surface area contributed by atoms with Crippen molar-refractivity contribution in [3.8, 4) is 0 Å². The lowest BCUT2D eigenvalue weighted by atomic mass is 10.2. The van der Waals surface area contributed by atoms with Crippen molar-refractivity contribution < 1.29 is 4.21 Å². The number of aliphatic imine (C=N–C) groups is 1. The van der Waals surface area contributed by atoms with Crippen LogP contribution in [-0.4, -0.2) is 41.5 Å². The molecule has 0 radical (unpaired) electrons. The molecule has 0 aliphatic heterocycles. The van der Waals surface area contributed by atoms with E-state index in [2.05, 4.69) is 22.4 Å². The number of benzene rings is 2. The van der Waals surface area contributed by atoms with E-state index in [0.717, 1.165) is 10.9 Å². The van der Waals surface area contributed by atoms with Gasteiger partial charge in [0.2, 0.25) is 0 Å². The average molecular weight is 329 g/mol. The van der Waals surface area contributed by atoms with E-state index in [4.69, 9.17) is 0 Å². The summed E-state index contributed by atoms with van der Waals surface area (Å²) in [7, 11) is 2.91. The van der Waals surface area contributed by atoms with Gasteiger partial charge in [-0.1, -0.05) is 48.5 Å². The number of rotatable bonds is 6. The number of hydrogen-bond donors (Lipinski definition) is 1. The van der Waals surface area contributed by atoms with Crippen molar-refractivity contribution in [2.75, 3.05) is 26.4 Å². The summed E-state index contributed by atoms with van der Waals surface area (Å²) < 4.78 is 12.2. The molecular weight excluding hydrogens is 306 g/mol. The van der Waals surface area contributed by atoms with Gasteiger partial charge < -0.3 is 10.2 Å². The van der Waals surface area contributed by atoms with Crippen LogP contribution >= 0.6 is 0 Å². The molecule has 0 spiro atoms. The van der Waals surface area contributed by atoms with E-state index in [9.17, 15) is 4.21 Å². The lowest BCUT2D eigenvalue weighted by Gasteiger charge is -2.17. The summed E-state index contributed by atoms with van der Waals surface area (Å²) in [5.41, 5.74) is 1.17. The maximum absolute atomic E-state index is 12.2. The zero-order chi connectivity index (χ0) is 16.5. The van der Waals surface area contributed by atoms with Crippen molar-refractivity contribution in [2.24, 2.45) is 4.99 Å². The molecule has 0 saturated heterocycles. The second-order valence-corrected chi connectivity index (χ2v) is 6.88. The highest BCUT2D eigenvalue weighted by Gasteiger charge is 2.05. The van der Waals surface area contributed by atoms with Gasteiger partial charge in [0.1, 0.15) is 0 Å². The first-order valence-corrected chi connectivity index (χ1v) is 8.91. The minimum Gasteiger partial charge on any atom is -0.355 e. The van der Waals surface area contributed by atoms with Gasteiger partial charge in [-0.05, 0) is 17.7 Å². The van der Waals surface area contributed by atoms with Crippen molar-refractivity contribution >= 4 is 16.8 Å². The Morgan fingerprint density at radius 3 is 2.26 bits per heavy atom. The molecule has 2 aromatic carbocycles. The van der Waals surface area contributed by atoms with Gasteiger partial charge in [0.15, 0.2) is 5.96 Å². The second kappa shape index (κ2) is 9.10. The van der Waals surface area contributed by atoms with Crippen LogP contribution < -0.4 is 5.32 Å². The lowest BCUT2D eigenvalue weighted by Crippen LogP contribution is -2.38. The Hall–Kier alpha value is -2.14. The molecule has 1 atom stereocenters. The van der Waals surface area contributed by atoms with Crippen LogP contribution in [0.5, 0.6) is 0 Å². The first-order chi connectivity index (χ1) is 11.2. The van der Waals surface area contributed by atoms with E-state index >= 15 is 0 Å². The predicted octanol–water partition coefficient (Wildman–Crippen LogP) is 2.50. The summed E-state index contributed by atoms with van der Waals surface area (Å²) in [6.45, 7) is 1.25. The first-order valence-electron chi connectivity index (χ1n) is 7.60. The molecule has 0 saturated carbocycles. The van der Waals surface area contributed by atoms with Crippen LogP contribution in [-0.2, 0) is 17.3 Å². The lowest BCUT2D eigenvalue weighted by molar-refractivity contribution is 0.583. The molecule has 0 amide bonds. The zero-order valence-corrected chi connectivity index (χ0v) is 14.4. The Morgan fingerprint density at radius 1 is 1.04 bits per heavy atom. The standard InChI is InChI=1S/C18H23N3OS/c1-21(2)18(20-15-16-9-5-3-6-10-16)19-13-14-23(22)17-11-7-4-8-12-17/h3-12H,13-15H2,1-2H3,(H,19,20). The van der Waals surface area contributed by atoms with Gasteiger partial charge >= 0.3 is 0 Å². The van der Waals surface area contributed by atoms with Crippen molar-refractivity contribution in [3.63, 3.8) is 0 Å². The maximum Gasteiger partial charge on any atom is 0.193 e. The molecule has 0 aliphatic rings. The molecule has 0 heterocycles. The Labute approximate surface area is 140 Å². The molecular formula is C18H23N3OS. The van der Waals surface area contributed by atoms with E-state index < -0.39 is 10.8 Å². The minimum absolute atomic E-state index is 0.558. The van der Waals surface area contributed by atoms with Gasteiger partial charge in [0, 0.05) is 31.3 Å². The Balaban J connectivity index is 1.86. The smallest absolute Gasteiger partial charge is 0.193 e. The summed E-state index contributed by atoms with van der Waals surface area (Å²) in [5.74, 6) is 1.36. The maximum atomic E-state index is 12.2. The van der Waals surface area contributed by atoms with E-state index in [-0.39, 0.29) is 0 Å². The van der Waals surface area contributed by atoms with E-state index in [1.54, 1.807) is 0 Å². The highest BCUT2D eigenvalue weighted by Crippen LogP contribution is 2.05. The fourth-order valence-electron chi connectivity index (χ4n) is 2.05. The van der Waals surface area contributed by atoms with E-state index in [0.29, 0.717) is 18.8 Å². The molecule has 5 heteroatoms. The molecule has 2 aromatic rings. The quantitative estimate of drug-likeness (QED) is 0.654. The third-order valence-corrected chi connectivity index (χ3v) is 4.63. The second-order valence-electron chi connectivity index (χ2n) is 5.31. The Morgan fingerprint density at radius 2 is 1.65 bits per heavy atom. The third-order valence-electron chi connectivity index (χ3n) is 3.25. The SMILES string of the molecule is CN(C)C(=NCc1ccccc1)NCCS(=O)c1ccccc1. The summed E-state index contributed by atoms with van der Waals surface area (Å²) in [6, 6.07) is 19.7. The molecule has 23 heavy (non-hydrogen) atoms. The molecule has 122 valence electrons. The molecule has 0 aromatic heterocycles. The van der Waals surface area contributed by atoms with Crippen molar-refractivity contribution in [1.82, 2.24) is 10.2 Å². The summed E-state index contributed by atoms with van der Waals surface area (Å²) >= 11 is 0. The first kappa shape index (κ1) is 17.2. The molecule has 0 aliphatic carbocycles. The zero-order valence-electron chi connectivity index (χ0n) is 13.6. The van der Waals surface area contributed by atoms with Gasteiger partial charge in [0.25, 0.3) is 0 Å². The van der Waals surface area contributed by atoms with Gasteiger partial charge in [0.05, 0.1) is 17.3 Å². The Kier molecular flexibility index (Phi) is 6.81. The van der Waals surface area contributed by atoms with Crippen LogP contribution in [0.15, 0.2) is 70.6 Å². The molecule has 1 N–H and O–H groups in total. The number of nitrogens with one attached hydrogen (secondary N) is 1.